The van der Waals surface area contributed by atoms with Crippen molar-refractivity contribution in [2.24, 2.45) is 20.5 Å². The summed E-state index contributed by atoms with van der Waals surface area (Å²) in [4.78, 5) is -3.36. The second kappa shape index (κ2) is 12.1. The third kappa shape index (κ3) is 7.18. The Hall–Kier alpha value is -5.14. The summed E-state index contributed by atoms with van der Waals surface area (Å²) in [6, 6.07) is 11.9. The molecule has 0 fully saturated rings. The minimum absolute atomic E-state index is 0.0464. The Kier molecular flexibility index (Phi) is 8.67. The Balaban J connectivity index is 1.73. The topological polar surface area (TPSA) is 339 Å². The minimum atomic E-state index is -5.29. The Morgan fingerprint density at radius 3 is 1.65 bits per heavy atom. The van der Waals surface area contributed by atoms with Crippen LogP contribution in [-0.4, -0.2) is 57.0 Å². The van der Waals surface area contributed by atoms with Gasteiger partial charge in [-0.05, 0) is 70.8 Å². The maximum atomic E-state index is 12.4. The third-order valence-electron chi connectivity index (χ3n) is 6.75. The van der Waals surface area contributed by atoms with Crippen LogP contribution in [0.1, 0.15) is 0 Å². The Bertz CT molecular complexity index is 2750. The van der Waals surface area contributed by atoms with Crippen molar-refractivity contribution in [3.05, 3.63) is 66.7 Å². The van der Waals surface area contributed by atoms with Crippen molar-refractivity contribution in [3.8, 4) is 5.75 Å². The lowest BCUT2D eigenvalue weighted by Crippen LogP contribution is -2.04. The van der Waals surface area contributed by atoms with Crippen LogP contribution in [0.15, 0.2) is 107 Å². The van der Waals surface area contributed by atoms with E-state index in [0.29, 0.717) is 22.9 Å². The molecule has 5 aromatic carbocycles. The molecule has 5 aromatic rings. The number of phenols is 1. The van der Waals surface area contributed by atoms with Crippen LogP contribution in [0.3, 0.4) is 0 Å². The van der Waals surface area contributed by atoms with Crippen LogP contribution in [0.25, 0.3) is 21.5 Å². The molecule has 0 saturated heterocycles. The van der Waals surface area contributed by atoms with E-state index in [-0.39, 0.29) is 16.3 Å². The molecule has 9 N–H and O–H groups in total. The number of anilines is 2. The van der Waals surface area contributed by atoms with Crippen LogP contribution in [-0.2, 0) is 40.5 Å². The number of aromatic hydroxyl groups is 1. The van der Waals surface area contributed by atoms with Crippen molar-refractivity contribution in [3.63, 3.8) is 0 Å². The second-order valence-electron chi connectivity index (χ2n) is 10.0. The lowest BCUT2D eigenvalue weighted by Gasteiger charge is -2.14. The molecular weight excluding hydrogens is 733 g/mol. The molecule has 0 amide bonds. The lowest BCUT2D eigenvalue weighted by atomic mass is 10.1. The van der Waals surface area contributed by atoms with Gasteiger partial charge in [0.15, 0.2) is 5.75 Å². The van der Waals surface area contributed by atoms with Gasteiger partial charge in [-0.15, -0.1) is 15.3 Å². The van der Waals surface area contributed by atoms with E-state index >= 15 is 0 Å². The van der Waals surface area contributed by atoms with Crippen LogP contribution in [0.2, 0.25) is 0 Å². The van der Waals surface area contributed by atoms with Crippen LogP contribution in [0.4, 0.5) is 34.1 Å². The highest BCUT2D eigenvalue weighted by Gasteiger charge is 2.28. The number of fused-ring (bicyclic) bond motifs is 2. The molecule has 256 valence electrons. The summed E-state index contributed by atoms with van der Waals surface area (Å²) in [6.45, 7) is 0. The normalized spacial score (nSPS) is 13.2. The summed E-state index contributed by atoms with van der Waals surface area (Å²) in [7, 11) is -19.9. The van der Waals surface area contributed by atoms with Gasteiger partial charge in [-0.25, -0.2) is 0 Å². The molecular formula is C26H20N6O13S4. The summed E-state index contributed by atoms with van der Waals surface area (Å²) in [6.07, 6.45) is 0. The molecule has 19 nitrogen and oxygen atoms in total. The largest absolute Gasteiger partial charge is 0.505 e. The van der Waals surface area contributed by atoms with Gasteiger partial charge in [-0.2, -0.15) is 38.8 Å². The van der Waals surface area contributed by atoms with Crippen molar-refractivity contribution >= 4 is 96.1 Å². The van der Waals surface area contributed by atoms with Gasteiger partial charge in [0.1, 0.15) is 31.7 Å². The number of rotatable bonds is 8. The Morgan fingerprint density at radius 2 is 1.06 bits per heavy atom. The first-order chi connectivity index (χ1) is 22.6. The average molecular weight is 753 g/mol. The molecule has 0 aliphatic heterocycles. The smallest absolute Gasteiger partial charge is 0.296 e. The van der Waals surface area contributed by atoms with Gasteiger partial charge in [-0.1, -0.05) is 12.1 Å². The molecule has 49 heavy (non-hydrogen) atoms. The zero-order valence-corrected chi connectivity index (χ0v) is 27.2. The highest BCUT2D eigenvalue weighted by molar-refractivity contribution is 7.86. The molecule has 23 heteroatoms. The van der Waals surface area contributed by atoms with Gasteiger partial charge in [-0.3, -0.25) is 18.2 Å². The summed E-state index contributed by atoms with van der Waals surface area (Å²) in [5.74, 6) is -1.14. The monoisotopic (exact) mass is 752 g/mol. The third-order valence-corrected chi connectivity index (χ3v) is 10.2. The van der Waals surface area contributed by atoms with Crippen molar-refractivity contribution in [1.29, 1.82) is 0 Å². The van der Waals surface area contributed by atoms with E-state index in [1.54, 1.807) is 0 Å². The Morgan fingerprint density at radius 1 is 0.510 bits per heavy atom. The van der Waals surface area contributed by atoms with Crippen molar-refractivity contribution in [1.82, 2.24) is 0 Å². The summed E-state index contributed by atoms with van der Waals surface area (Å²) < 4.78 is 135. The highest BCUT2D eigenvalue weighted by Crippen LogP contribution is 2.48. The van der Waals surface area contributed by atoms with Crippen molar-refractivity contribution in [2.75, 3.05) is 11.5 Å². The molecule has 0 spiro atoms. The number of hydrogen-bond acceptors (Lipinski definition) is 15. The first kappa shape index (κ1) is 35.2. The molecule has 0 bridgehead atoms. The standard InChI is InChI=1S/C26H20N6O13S4/c27-15-3-6-19(47(37,38)39)18(11-15)30-32-25-21(49(43,44)45)10-14-9-20(48(40,41)42)24(23(28)22(14)26(25)33)31-29-16-4-1-13-8-17(46(34,35)36)5-2-12(13)7-16/h1-11,33H,27-28H2,(H,34,35,36)(H,37,38,39)(H,40,41,42)(H,43,44,45). The molecule has 0 atom stereocenters. The first-order valence-corrected chi connectivity index (χ1v) is 18.6. The van der Waals surface area contributed by atoms with Gasteiger partial charge >= 0.3 is 0 Å². The number of nitrogens with zero attached hydrogens (tertiary/aromatic N) is 4. The van der Waals surface area contributed by atoms with E-state index in [2.05, 4.69) is 20.5 Å². The van der Waals surface area contributed by atoms with Crippen LogP contribution < -0.4 is 11.5 Å². The Labute approximate surface area is 276 Å². The zero-order valence-electron chi connectivity index (χ0n) is 23.9. The highest BCUT2D eigenvalue weighted by atomic mass is 32.2. The fourth-order valence-electron chi connectivity index (χ4n) is 4.58. The average Bonchev–Trinajstić information content (AvgIpc) is 2.97. The molecule has 0 aliphatic carbocycles. The molecule has 0 unspecified atom stereocenters. The number of benzene rings is 5. The van der Waals surface area contributed by atoms with Gasteiger partial charge in [0.25, 0.3) is 40.5 Å². The van der Waals surface area contributed by atoms with Crippen molar-refractivity contribution in [2.45, 2.75) is 19.6 Å². The maximum absolute atomic E-state index is 12.4. The quantitative estimate of drug-likeness (QED) is 0.0642. The maximum Gasteiger partial charge on any atom is 0.296 e. The van der Waals surface area contributed by atoms with E-state index < -0.39 is 94.4 Å². The molecule has 0 heterocycles. The van der Waals surface area contributed by atoms with Crippen molar-refractivity contribution < 1.29 is 57.0 Å². The number of nitrogens with two attached hydrogens (primary N) is 2. The van der Waals surface area contributed by atoms with Crippen LogP contribution >= 0.6 is 0 Å². The molecule has 0 aliphatic rings. The fraction of sp³-hybridized carbons (Fsp3) is 0. The minimum Gasteiger partial charge on any atom is -0.505 e. The van der Waals surface area contributed by atoms with E-state index in [4.69, 9.17) is 11.5 Å². The summed E-state index contributed by atoms with van der Waals surface area (Å²) in [5.41, 5.74) is 8.72. The number of azo groups is 2. The van der Waals surface area contributed by atoms with Gasteiger partial charge < -0.3 is 16.6 Å². The first-order valence-electron chi connectivity index (χ1n) is 12.8. The van der Waals surface area contributed by atoms with E-state index in [0.717, 1.165) is 24.3 Å². The predicted molar refractivity (Wildman–Crippen MR) is 172 cm³/mol. The SMILES string of the molecule is Nc1ccc(S(=O)(=O)O)c(N=Nc2c(S(=O)(=O)O)cc3cc(S(=O)(=O)O)c(N=Nc4ccc5cc(S(=O)(=O)O)ccc5c4)c(N)c3c2O)c1. The number of phenolic OH excluding ortho intramolecular Hbond substituents is 1. The van der Waals surface area contributed by atoms with E-state index in [1.165, 1.54) is 30.3 Å². The van der Waals surface area contributed by atoms with E-state index in [9.17, 15) is 57.0 Å². The van der Waals surface area contributed by atoms with Gasteiger partial charge in [0, 0.05) is 5.69 Å². The molecule has 0 saturated carbocycles. The summed E-state index contributed by atoms with van der Waals surface area (Å²) in [5, 5.41) is 25.8. The number of hydrogen-bond donors (Lipinski definition) is 7. The number of nitrogen functional groups attached to an aromatic ring is 2. The molecule has 5 rings (SSSR count). The van der Waals surface area contributed by atoms with E-state index in [1.807, 2.05) is 0 Å². The van der Waals surface area contributed by atoms with Gasteiger partial charge in [0.2, 0.25) is 0 Å². The molecule has 0 radical (unpaired) electrons. The lowest BCUT2D eigenvalue weighted by molar-refractivity contribution is 0.472. The predicted octanol–water partition coefficient (Wildman–Crippen LogP) is 4.68. The zero-order chi connectivity index (χ0) is 36.3. The fourth-order valence-corrected chi connectivity index (χ4v) is 7.03. The molecule has 0 aromatic heterocycles. The second-order valence-corrected chi connectivity index (χ2v) is 15.6. The summed E-state index contributed by atoms with van der Waals surface area (Å²) >= 11 is 0. The van der Waals surface area contributed by atoms with Gasteiger partial charge in [0.05, 0.1) is 21.7 Å². The van der Waals surface area contributed by atoms with Crippen LogP contribution in [0, 0.1) is 0 Å². The van der Waals surface area contributed by atoms with Crippen LogP contribution in [0.5, 0.6) is 5.75 Å².